The normalized spacial score (nSPS) is 29.1. The van der Waals surface area contributed by atoms with Crippen molar-refractivity contribution in [1.82, 2.24) is 10.2 Å². The largest absolute Gasteiger partial charge is 0.356 e. The summed E-state index contributed by atoms with van der Waals surface area (Å²) in [5.41, 5.74) is -0.0286. The molecule has 3 nitrogen and oxygen atoms in total. The summed E-state index contributed by atoms with van der Waals surface area (Å²) >= 11 is 4.42. The molecule has 2 rings (SSSR count). The van der Waals surface area contributed by atoms with Crippen molar-refractivity contribution in [2.24, 2.45) is 5.41 Å². The van der Waals surface area contributed by atoms with Gasteiger partial charge in [-0.25, -0.2) is 0 Å². The quantitative estimate of drug-likeness (QED) is 0.635. The third-order valence-electron chi connectivity index (χ3n) is 3.65. The predicted octanol–water partition coefficient (Wildman–Crippen LogP) is 0.864. The molecule has 1 spiro atoms. The highest BCUT2D eigenvalue weighted by Gasteiger charge is 2.44. The zero-order valence-corrected chi connectivity index (χ0v) is 9.52. The third-order valence-corrected chi connectivity index (χ3v) is 3.98. The van der Waals surface area contributed by atoms with Gasteiger partial charge >= 0.3 is 0 Å². The van der Waals surface area contributed by atoms with Gasteiger partial charge in [-0.05, 0) is 26.2 Å². The van der Waals surface area contributed by atoms with Gasteiger partial charge in [-0.1, -0.05) is 0 Å². The Morgan fingerprint density at radius 2 is 2.07 bits per heavy atom. The minimum Gasteiger partial charge on any atom is -0.356 e. The maximum absolute atomic E-state index is 11.7. The van der Waals surface area contributed by atoms with Crippen LogP contribution in [0.3, 0.4) is 0 Å². The van der Waals surface area contributed by atoms with E-state index in [0.29, 0.717) is 5.37 Å². The van der Waals surface area contributed by atoms with Gasteiger partial charge in [-0.2, -0.15) is 12.6 Å². The van der Waals surface area contributed by atoms with Crippen molar-refractivity contribution in [3.8, 4) is 0 Å². The van der Waals surface area contributed by atoms with Gasteiger partial charge in [-0.3, -0.25) is 9.69 Å². The average molecular weight is 214 g/mol. The lowest BCUT2D eigenvalue weighted by Gasteiger charge is -2.38. The van der Waals surface area contributed by atoms with Crippen molar-refractivity contribution in [3.63, 3.8) is 0 Å². The molecular weight excluding hydrogens is 196 g/mol. The van der Waals surface area contributed by atoms with Crippen molar-refractivity contribution < 1.29 is 4.79 Å². The molecule has 0 saturated carbocycles. The molecule has 2 saturated heterocycles. The molecule has 2 aliphatic heterocycles. The van der Waals surface area contributed by atoms with E-state index in [1.807, 2.05) is 0 Å². The van der Waals surface area contributed by atoms with E-state index in [4.69, 9.17) is 0 Å². The van der Waals surface area contributed by atoms with Gasteiger partial charge in [0.2, 0.25) is 5.91 Å². The Balaban J connectivity index is 1.98. The van der Waals surface area contributed by atoms with Crippen LogP contribution in [0.4, 0.5) is 0 Å². The first kappa shape index (κ1) is 10.3. The standard InChI is InChI=1S/C10H18N2OS/c1-8(14)12-6-3-10(4-7-12)2-5-11-9(10)13/h8,14H,2-7H2,1H3,(H,11,13). The van der Waals surface area contributed by atoms with Gasteiger partial charge in [0.05, 0.1) is 5.41 Å². The summed E-state index contributed by atoms with van der Waals surface area (Å²) in [4.78, 5) is 14.0. The smallest absolute Gasteiger partial charge is 0.226 e. The van der Waals surface area contributed by atoms with Crippen molar-refractivity contribution >= 4 is 18.5 Å². The molecule has 4 heteroatoms. The molecule has 1 N–H and O–H groups in total. The maximum atomic E-state index is 11.7. The first-order chi connectivity index (χ1) is 6.64. The van der Waals surface area contributed by atoms with Crippen molar-refractivity contribution in [2.75, 3.05) is 19.6 Å². The fraction of sp³-hybridized carbons (Fsp3) is 0.900. The molecule has 0 aromatic rings. The van der Waals surface area contributed by atoms with Gasteiger partial charge in [-0.15, -0.1) is 0 Å². The Labute approximate surface area is 90.6 Å². The molecule has 0 aromatic heterocycles. The molecule has 80 valence electrons. The average Bonchev–Trinajstić information content (AvgIpc) is 2.49. The summed E-state index contributed by atoms with van der Waals surface area (Å²) in [5.74, 6) is 0.281. The molecule has 0 bridgehead atoms. The van der Waals surface area contributed by atoms with E-state index >= 15 is 0 Å². The van der Waals surface area contributed by atoms with Crippen LogP contribution in [0.15, 0.2) is 0 Å². The number of hydrogen-bond acceptors (Lipinski definition) is 3. The number of piperidine rings is 1. The van der Waals surface area contributed by atoms with Crippen LogP contribution in [0.5, 0.6) is 0 Å². The minimum atomic E-state index is -0.0286. The second-order valence-electron chi connectivity index (χ2n) is 4.45. The van der Waals surface area contributed by atoms with Gasteiger partial charge in [0, 0.05) is 25.0 Å². The van der Waals surface area contributed by atoms with E-state index in [1.54, 1.807) is 0 Å². The van der Waals surface area contributed by atoms with E-state index in [-0.39, 0.29) is 11.3 Å². The predicted molar refractivity (Wildman–Crippen MR) is 59.3 cm³/mol. The van der Waals surface area contributed by atoms with Crippen molar-refractivity contribution in [2.45, 2.75) is 31.6 Å². The fourth-order valence-corrected chi connectivity index (χ4v) is 2.75. The Hall–Kier alpha value is -0.220. The molecule has 1 amide bonds. The molecule has 1 unspecified atom stereocenters. The second-order valence-corrected chi connectivity index (χ2v) is 5.20. The van der Waals surface area contributed by atoms with E-state index in [2.05, 4.69) is 29.8 Å². The number of carbonyl (C=O) groups is 1. The number of hydrogen-bond donors (Lipinski definition) is 2. The minimum absolute atomic E-state index is 0.0286. The topological polar surface area (TPSA) is 32.3 Å². The third kappa shape index (κ3) is 1.65. The monoisotopic (exact) mass is 214 g/mol. The number of rotatable bonds is 1. The lowest BCUT2D eigenvalue weighted by Crippen LogP contribution is -2.45. The molecule has 0 aliphatic carbocycles. The SMILES string of the molecule is CC(S)N1CCC2(CCNC2=O)CC1. The highest BCUT2D eigenvalue weighted by Crippen LogP contribution is 2.38. The first-order valence-electron chi connectivity index (χ1n) is 5.34. The number of amides is 1. The van der Waals surface area contributed by atoms with E-state index < -0.39 is 0 Å². The highest BCUT2D eigenvalue weighted by molar-refractivity contribution is 7.80. The summed E-state index contributed by atoms with van der Waals surface area (Å²) in [7, 11) is 0. The van der Waals surface area contributed by atoms with E-state index in [0.717, 1.165) is 38.9 Å². The number of likely N-dealkylation sites (tertiary alicyclic amines) is 1. The number of carbonyl (C=O) groups excluding carboxylic acids is 1. The van der Waals surface area contributed by atoms with Crippen LogP contribution in [0.1, 0.15) is 26.2 Å². The van der Waals surface area contributed by atoms with Crippen LogP contribution in [0.25, 0.3) is 0 Å². The van der Waals surface area contributed by atoms with Gasteiger partial charge in [0.1, 0.15) is 0 Å². The van der Waals surface area contributed by atoms with Crippen LogP contribution in [0.2, 0.25) is 0 Å². The molecule has 2 heterocycles. The summed E-state index contributed by atoms with van der Waals surface area (Å²) in [6.07, 6.45) is 3.04. The van der Waals surface area contributed by atoms with Crippen LogP contribution in [-0.2, 0) is 4.79 Å². The van der Waals surface area contributed by atoms with Gasteiger partial charge < -0.3 is 5.32 Å². The number of nitrogens with one attached hydrogen (secondary N) is 1. The van der Waals surface area contributed by atoms with Gasteiger partial charge in [0.25, 0.3) is 0 Å². The molecular formula is C10H18N2OS. The van der Waals surface area contributed by atoms with E-state index in [9.17, 15) is 4.79 Å². The summed E-state index contributed by atoms with van der Waals surface area (Å²) in [6.45, 7) is 4.99. The summed E-state index contributed by atoms with van der Waals surface area (Å²) < 4.78 is 0. The van der Waals surface area contributed by atoms with Crippen molar-refractivity contribution in [3.05, 3.63) is 0 Å². The Morgan fingerprint density at radius 3 is 2.50 bits per heavy atom. The van der Waals surface area contributed by atoms with Crippen LogP contribution >= 0.6 is 12.6 Å². The highest BCUT2D eigenvalue weighted by atomic mass is 32.1. The lowest BCUT2D eigenvalue weighted by molar-refractivity contribution is -0.130. The van der Waals surface area contributed by atoms with Crippen molar-refractivity contribution in [1.29, 1.82) is 0 Å². The molecule has 14 heavy (non-hydrogen) atoms. The fourth-order valence-electron chi connectivity index (χ4n) is 2.52. The lowest BCUT2D eigenvalue weighted by atomic mass is 9.77. The molecule has 2 fully saturated rings. The Kier molecular flexibility index (Phi) is 2.75. The van der Waals surface area contributed by atoms with Crippen LogP contribution < -0.4 is 5.32 Å². The van der Waals surface area contributed by atoms with Gasteiger partial charge in [0.15, 0.2) is 0 Å². The number of thiol groups is 1. The zero-order valence-electron chi connectivity index (χ0n) is 8.62. The summed E-state index contributed by atoms with van der Waals surface area (Å²) in [6, 6.07) is 0. The van der Waals surface area contributed by atoms with Crippen LogP contribution in [-0.4, -0.2) is 35.8 Å². The molecule has 0 radical (unpaired) electrons. The molecule has 1 atom stereocenters. The second kappa shape index (κ2) is 3.74. The maximum Gasteiger partial charge on any atom is 0.226 e. The number of nitrogens with zero attached hydrogens (tertiary/aromatic N) is 1. The van der Waals surface area contributed by atoms with Crippen LogP contribution in [0, 0.1) is 5.41 Å². The zero-order chi connectivity index (χ0) is 10.2. The molecule has 2 aliphatic rings. The first-order valence-corrected chi connectivity index (χ1v) is 5.86. The summed E-state index contributed by atoms with van der Waals surface area (Å²) in [5, 5.41) is 3.26. The Morgan fingerprint density at radius 1 is 1.43 bits per heavy atom. The molecule has 0 aromatic carbocycles. The van der Waals surface area contributed by atoms with E-state index in [1.165, 1.54) is 0 Å². The Bertz CT molecular complexity index is 234.